The van der Waals surface area contributed by atoms with Gasteiger partial charge in [0.05, 0.1) is 0 Å². The molecular weight excluding hydrogens is 264 g/mol. The molecule has 2 heterocycles. The predicted molar refractivity (Wildman–Crippen MR) is 81.8 cm³/mol. The third kappa shape index (κ3) is 3.16. The number of rotatable bonds is 5. The Morgan fingerprint density at radius 2 is 2.05 bits per heavy atom. The molecule has 1 aliphatic rings. The van der Waals surface area contributed by atoms with Gasteiger partial charge in [-0.2, -0.15) is 0 Å². The molecule has 0 amide bonds. The molecule has 1 aliphatic heterocycles. The van der Waals surface area contributed by atoms with E-state index in [2.05, 4.69) is 29.4 Å². The Kier molecular flexibility index (Phi) is 4.36. The summed E-state index contributed by atoms with van der Waals surface area (Å²) >= 11 is 0. The van der Waals surface area contributed by atoms with E-state index in [1.165, 1.54) is 0 Å². The molecule has 3 rings (SSSR count). The molecular formula is C17H20N2O2. The van der Waals surface area contributed by atoms with E-state index < -0.39 is 0 Å². The monoisotopic (exact) mass is 284 g/mol. The average molecular weight is 284 g/mol. The van der Waals surface area contributed by atoms with Crippen LogP contribution in [0, 0.1) is 0 Å². The lowest BCUT2D eigenvalue weighted by Gasteiger charge is -2.25. The van der Waals surface area contributed by atoms with Crippen LogP contribution in [0.1, 0.15) is 24.2 Å². The van der Waals surface area contributed by atoms with Gasteiger partial charge in [0.1, 0.15) is 13.2 Å². The lowest BCUT2D eigenvalue weighted by atomic mass is 9.99. The van der Waals surface area contributed by atoms with E-state index in [0.29, 0.717) is 13.2 Å². The highest BCUT2D eigenvalue weighted by molar-refractivity contribution is 5.49. The summed E-state index contributed by atoms with van der Waals surface area (Å²) < 4.78 is 11.5. The van der Waals surface area contributed by atoms with Crippen molar-refractivity contribution in [2.75, 3.05) is 19.8 Å². The zero-order valence-corrected chi connectivity index (χ0v) is 12.2. The van der Waals surface area contributed by atoms with Crippen LogP contribution in [0.15, 0.2) is 42.6 Å². The van der Waals surface area contributed by atoms with Crippen LogP contribution in [-0.4, -0.2) is 24.7 Å². The van der Waals surface area contributed by atoms with Crippen molar-refractivity contribution >= 4 is 0 Å². The van der Waals surface area contributed by atoms with Gasteiger partial charge in [-0.3, -0.25) is 4.98 Å². The van der Waals surface area contributed by atoms with E-state index in [9.17, 15) is 0 Å². The largest absolute Gasteiger partial charge is 0.486 e. The second-order valence-electron chi connectivity index (χ2n) is 5.01. The molecule has 0 spiro atoms. The van der Waals surface area contributed by atoms with Crippen molar-refractivity contribution in [2.45, 2.75) is 19.4 Å². The summed E-state index contributed by atoms with van der Waals surface area (Å²) in [5.41, 5.74) is 2.21. The van der Waals surface area contributed by atoms with Crippen molar-refractivity contribution < 1.29 is 9.47 Å². The number of fused-ring (bicyclic) bond motifs is 1. The molecule has 4 nitrogen and oxygen atoms in total. The highest BCUT2D eigenvalue weighted by atomic mass is 16.6. The van der Waals surface area contributed by atoms with Crippen LogP contribution in [0.5, 0.6) is 11.5 Å². The molecule has 0 saturated heterocycles. The van der Waals surface area contributed by atoms with Crippen LogP contribution in [0.25, 0.3) is 0 Å². The standard InChI is InChI=1S/C17H20N2O2/c1-2-18-15(12-13-6-3-4-9-19-13)14-7-5-8-16-17(14)21-11-10-20-16/h3-9,15,18H,2,10-12H2,1H3. The molecule has 0 fully saturated rings. The Morgan fingerprint density at radius 3 is 2.86 bits per heavy atom. The van der Waals surface area contributed by atoms with Crippen molar-refractivity contribution in [3.05, 3.63) is 53.9 Å². The van der Waals surface area contributed by atoms with Crippen molar-refractivity contribution in [1.82, 2.24) is 10.3 Å². The van der Waals surface area contributed by atoms with Crippen LogP contribution >= 0.6 is 0 Å². The quantitative estimate of drug-likeness (QED) is 0.917. The number of hydrogen-bond donors (Lipinski definition) is 1. The Morgan fingerprint density at radius 1 is 1.14 bits per heavy atom. The van der Waals surface area contributed by atoms with Crippen LogP contribution in [0.4, 0.5) is 0 Å². The molecule has 0 bridgehead atoms. The third-order valence-corrected chi connectivity index (χ3v) is 3.56. The fraction of sp³-hybridized carbons (Fsp3) is 0.353. The Labute approximate surface area is 125 Å². The zero-order chi connectivity index (χ0) is 14.5. The number of likely N-dealkylation sites (N-methyl/N-ethyl adjacent to an activating group) is 1. The van der Waals surface area contributed by atoms with Crippen LogP contribution < -0.4 is 14.8 Å². The molecule has 0 saturated carbocycles. The Balaban J connectivity index is 1.90. The maximum atomic E-state index is 5.83. The Hall–Kier alpha value is -2.07. The number of para-hydroxylation sites is 1. The van der Waals surface area contributed by atoms with E-state index in [0.717, 1.165) is 35.7 Å². The van der Waals surface area contributed by atoms with Gasteiger partial charge in [0.25, 0.3) is 0 Å². The molecule has 4 heteroatoms. The second kappa shape index (κ2) is 6.59. The molecule has 1 atom stereocenters. The van der Waals surface area contributed by atoms with E-state index in [-0.39, 0.29) is 6.04 Å². The minimum absolute atomic E-state index is 0.168. The second-order valence-corrected chi connectivity index (χ2v) is 5.01. The Bertz CT molecular complexity index is 587. The maximum absolute atomic E-state index is 5.83. The summed E-state index contributed by atoms with van der Waals surface area (Å²) in [6.45, 7) is 4.22. The highest BCUT2D eigenvalue weighted by Gasteiger charge is 2.22. The summed E-state index contributed by atoms with van der Waals surface area (Å²) in [5, 5.41) is 3.52. The van der Waals surface area contributed by atoms with Gasteiger partial charge < -0.3 is 14.8 Å². The minimum atomic E-state index is 0.168. The average Bonchev–Trinajstić information content (AvgIpc) is 2.55. The summed E-state index contributed by atoms with van der Waals surface area (Å²) in [6, 6.07) is 12.3. The third-order valence-electron chi connectivity index (χ3n) is 3.56. The number of hydrogen-bond acceptors (Lipinski definition) is 4. The van der Waals surface area contributed by atoms with Gasteiger partial charge in [0, 0.05) is 29.9 Å². The van der Waals surface area contributed by atoms with Gasteiger partial charge in [0.2, 0.25) is 0 Å². The highest BCUT2D eigenvalue weighted by Crippen LogP contribution is 2.37. The molecule has 1 aromatic carbocycles. The minimum Gasteiger partial charge on any atom is -0.486 e. The predicted octanol–water partition coefficient (Wildman–Crippen LogP) is 2.75. The summed E-state index contributed by atoms with van der Waals surface area (Å²) in [5.74, 6) is 1.70. The van der Waals surface area contributed by atoms with Gasteiger partial charge >= 0.3 is 0 Å². The molecule has 0 aliphatic carbocycles. The molecule has 2 aromatic rings. The van der Waals surface area contributed by atoms with Gasteiger partial charge in [-0.15, -0.1) is 0 Å². The lowest BCUT2D eigenvalue weighted by Crippen LogP contribution is -2.25. The molecule has 0 radical (unpaired) electrons. The van der Waals surface area contributed by atoms with Gasteiger partial charge in [-0.1, -0.05) is 25.1 Å². The lowest BCUT2D eigenvalue weighted by molar-refractivity contribution is 0.168. The smallest absolute Gasteiger partial charge is 0.166 e. The number of benzene rings is 1. The molecule has 110 valence electrons. The van der Waals surface area contributed by atoms with Crippen molar-refractivity contribution in [1.29, 1.82) is 0 Å². The first-order chi connectivity index (χ1) is 10.4. The number of nitrogens with zero attached hydrogens (tertiary/aromatic N) is 1. The maximum Gasteiger partial charge on any atom is 0.166 e. The summed E-state index contributed by atoms with van der Waals surface area (Å²) in [6.07, 6.45) is 2.66. The zero-order valence-electron chi connectivity index (χ0n) is 12.2. The molecule has 1 N–H and O–H groups in total. The van der Waals surface area contributed by atoms with Gasteiger partial charge in [-0.05, 0) is 24.7 Å². The fourth-order valence-electron chi connectivity index (χ4n) is 2.64. The molecule has 1 unspecified atom stereocenters. The van der Waals surface area contributed by atoms with E-state index in [4.69, 9.17) is 9.47 Å². The first kappa shape index (κ1) is 13.9. The molecule has 21 heavy (non-hydrogen) atoms. The number of ether oxygens (including phenoxy) is 2. The first-order valence-electron chi connectivity index (χ1n) is 7.40. The van der Waals surface area contributed by atoms with Gasteiger partial charge in [-0.25, -0.2) is 0 Å². The van der Waals surface area contributed by atoms with E-state index >= 15 is 0 Å². The van der Waals surface area contributed by atoms with Gasteiger partial charge in [0.15, 0.2) is 11.5 Å². The van der Waals surface area contributed by atoms with E-state index in [1.54, 1.807) is 0 Å². The molecule has 1 aromatic heterocycles. The normalized spacial score (nSPS) is 14.7. The summed E-state index contributed by atoms with van der Waals surface area (Å²) in [7, 11) is 0. The van der Waals surface area contributed by atoms with E-state index in [1.807, 2.05) is 30.5 Å². The number of nitrogens with one attached hydrogen (secondary N) is 1. The first-order valence-corrected chi connectivity index (χ1v) is 7.40. The number of aromatic nitrogens is 1. The fourth-order valence-corrected chi connectivity index (χ4v) is 2.64. The summed E-state index contributed by atoms with van der Waals surface area (Å²) in [4.78, 5) is 4.43. The van der Waals surface area contributed by atoms with Crippen molar-refractivity contribution in [3.8, 4) is 11.5 Å². The van der Waals surface area contributed by atoms with Crippen LogP contribution in [0.2, 0.25) is 0 Å². The van der Waals surface area contributed by atoms with Crippen molar-refractivity contribution in [3.63, 3.8) is 0 Å². The van der Waals surface area contributed by atoms with Crippen LogP contribution in [0.3, 0.4) is 0 Å². The van der Waals surface area contributed by atoms with Crippen LogP contribution in [-0.2, 0) is 6.42 Å². The van der Waals surface area contributed by atoms with Crippen molar-refractivity contribution in [2.24, 2.45) is 0 Å². The number of pyridine rings is 1. The SMILES string of the molecule is CCNC(Cc1ccccn1)c1cccc2c1OCCO2. The topological polar surface area (TPSA) is 43.4 Å².